The fourth-order valence-corrected chi connectivity index (χ4v) is 2.75. The van der Waals surface area contributed by atoms with Crippen molar-refractivity contribution >= 4 is 23.7 Å². The molecule has 9 nitrogen and oxygen atoms in total. The van der Waals surface area contributed by atoms with E-state index in [0.717, 1.165) is 6.42 Å². The van der Waals surface area contributed by atoms with Gasteiger partial charge in [0.25, 0.3) is 0 Å². The van der Waals surface area contributed by atoms with Crippen LogP contribution in [-0.4, -0.2) is 74.5 Å². The molecule has 0 spiro atoms. The molecule has 3 amide bonds. The van der Waals surface area contributed by atoms with Crippen molar-refractivity contribution < 1.29 is 23.9 Å². The third-order valence-corrected chi connectivity index (χ3v) is 4.13. The van der Waals surface area contributed by atoms with Crippen LogP contribution in [0.15, 0.2) is 0 Å². The molecule has 142 valence electrons. The van der Waals surface area contributed by atoms with Gasteiger partial charge < -0.3 is 25.6 Å². The van der Waals surface area contributed by atoms with Gasteiger partial charge >= 0.3 is 5.97 Å². The van der Waals surface area contributed by atoms with Crippen molar-refractivity contribution in [3.05, 3.63) is 0 Å². The highest BCUT2D eigenvalue weighted by atomic mass is 16.5. The summed E-state index contributed by atoms with van der Waals surface area (Å²) >= 11 is 0. The monoisotopic (exact) mass is 356 g/mol. The third kappa shape index (κ3) is 6.69. The Morgan fingerprint density at radius 1 is 1.24 bits per heavy atom. The average molecular weight is 356 g/mol. The van der Waals surface area contributed by atoms with Crippen LogP contribution >= 0.6 is 0 Å². The second-order valence-corrected chi connectivity index (χ2v) is 5.94. The van der Waals surface area contributed by atoms with Crippen LogP contribution in [0.1, 0.15) is 32.6 Å². The number of hydrogen-bond donors (Lipinski definition) is 3. The SMILES string of the molecule is CNCCNC(=O)C(CCC(=O)OC)NC(=O)C1CCCN1C(C)=O. The summed E-state index contributed by atoms with van der Waals surface area (Å²) < 4.78 is 4.59. The van der Waals surface area contributed by atoms with Crippen molar-refractivity contribution in [3.63, 3.8) is 0 Å². The molecule has 1 aliphatic heterocycles. The Hall–Kier alpha value is -2.16. The zero-order valence-corrected chi connectivity index (χ0v) is 15.1. The predicted octanol–water partition coefficient (Wildman–Crippen LogP) is -1.23. The van der Waals surface area contributed by atoms with Gasteiger partial charge in [0.2, 0.25) is 17.7 Å². The van der Waals surface area contributed by atoms with Crippen LogP contribution in [0.4, 0.5) is 0 Å². The highest BCUT2D eigenvalue weighted by Gasteiger charge is 2.34. The number of esters is 1. The zero-order chi connectivity index (χ0) is 18.8. The van der Waals surface area contributed by atoms with E-state index in [-0.39, 0.29) is 30.6 Å². The number of carbonyl (C=O) groups is 4. The maximum Gasteiger partial charge on any atom is 0.305 e. The molecular weight excluding hydrogens is 328 g/mol. The lowest BCUT2D eigenvalue weighted by molar-refractivity contribution is -0.141. The van der Waals surface area contributed by atoms with Gasteiger partial charge in [0, 0.05) is 33.0 Å². The van der Waals surface area contributed by atoms with Crippen LogP contribution in [-0.2, 0) is 23.9 Å². The number of likely N-dealkylation sites (tertiary alicyclic amines) is 1. The Balaban J connectivity index is 2.69. The van der Waals surface area contributed by atoms with Gasteiger partial charge in [-0.3, -0.25) is 19.2 Å². The van der Waals surface area contributed by atoms with Gasteiger partial charge in [0.15, 0.2) is 0 Å². The van der Waals surface area contributed by atoms with Crippen LogP contribution in [0.25, 0.3) is 0 Å². The van der Waals surface area contributed by atoms with Gasteiger partial charge in [-0.25, -0.2) is 0 Å². The first-order chi connectivity index (χ1) is 11.9. The molecular formula is C16H28N4O5. The Kier molecular flexibility index (Phi) is 8.90. The number of likely N-dealkylation sites (N-methyl/N-ethyl adjacent to an activating group) is 1. The molecule has 0 aromatic heterocycles. The maximum atomic E-state index is 12.5. The van der Waals surface area contributed by atoms with E-state index in [1.807, 2.05) is 0 Å². The lowest BCUT2D eigenvalue weighted by atomic mass is 10.1. The number of amides is 3. The summed E-state index contributed by atoms with van der Waals surface area (Å²) in [6, 6.07) is -1.42. The van der Waals surface area contributed by atoms with Crippen molar-refractivity contribution in [2.24, 2.45) is 0 Å². The maximum absolute atomic E-state index is 12.5. The van der Waals surface area contributed by atoms with Gasteiger partial charge in [-0.15, -0.1) is 0 Å². The summed E-state index contributed by atoms with van der Waals surface area (Å²) in [4.78, 5) is 49.3. The topological polar surface area (TPSA) is 117 Å². The molecule has 25 heavy (non-hydrogen) atoms. The Morgan fingerprint density at radius 2 is 1.96 bits per heavy atom. The molecule has 0 aromatic carbocycles. The van der Waals surface area contributed by atoms with Crippen molar-refractivity contribution in [1.29, 1.82) is 0 Å². The van der Waals surface area contributed by atoms with Gasteiger partial charge in [0.1, 0.15) is 12.1 Å². The summed E-state index contributed by atoms with van der Waals surface area (Å²) in [7, 11) is 3.03. The molecule has 1 aliphatic rings. The lowest BCUT2D eigenvalue weighted by Gasteiger charge is -2.25. The van der Waals surface area contributed by atoms with Crippen LogP contribution in [0.5, 0.6) is 0 Å². The number of nitrogens with zero attached hydrogens (tertiary/aromatic N) is 1. The summed E-state index contributed by atoms with van der Waals surface area (Å²) in [5.74, 6) is -1.35. The second-order valence-electron chi connectivity index (χ2n) is 5.94. The van der Waals surface area contributed by atoms with Gasteiger partial charge in [-0.05, 0) is 26.3 Å². The quantitative estimate of drug-likeness (QED) is 0.352. The summed E-state index contributed by atoms with van der Waals surface area (Å²) in [6.07, 6.45) is 1.47. The predicted molar refractivity (Wildman–Crippen MR) is 90.5 cm³/mol. The number of hydrogen-bond acceptors (Lipinski definition) is 6. The smallest absolute Gasteiger partial charge is 0.305 e. The molecule has 0 radical (unpaired) electrons. The first-order valence-electron chi connectivity index (χ1n) is 8.47. The molecule has 0 bridgehead atoms. The van der Waals surface area contributed by atoms with E-state index in [0.29, 0.717) is 26.1 Å². The van der Waals surface area contributed by atoms with Gasteiger partial charge in [-0.2, -0.15) is 0 Å². The summed E-state index contributed by atoms with van der Waals surface area (Å²) in [6.45, 7) is 2.95. The molecule has 1 rings (SSSR count). The number of methoxy groups -OCH3 is 1. The van der Waals surface area contributed by atoms with E-state index in [9.17, 15) is 19.2 Å². The van der Waals surface area contributed by atoms with Crippen molar-refractivity contribution in [3.8, 4) is 0 Å². The third-order valence-electron chi connectivity index (χ3n) is 4.13. The molecule has 1 saturated heterocycles. The summed E-state index contributed by atoms with van der Waals surface area (Å²) in [5, 5.41) is 8.29. The first-order valence-corrected chi connectivity index (χ1v) is 8.47. The standard InChI is InChI=1S/C16H28N4O5/c1-11(21)20-10-4-5-13(20)16(24)19-12(6-7-14(22)25-3)15(23)18-9-8-17-2/h12-13,17H,4-10H2,1-3H3,(H,18,23)(H,19,24). The normalized spacial score (nSPS) is 17.7. The van der Waals surface area contributed by atoms with Crippen LogP contribution in [0.2, 0.25) is 0 Å². The molecule has 9 heteroatoms. The van der Waals surface area contributed by atoms with Crippen LogP contribution in [0.3, 0.4) is 0 Å². The minimum atomic E-state index is -0.849. The Morgan fingerprint density at radius 3 is 2.56 bits per heavy atom. The molecule has 1 fully saturated rings. The largest absolute Gasteiger partial charge is 0.469 e. The second kappa shape index (κ2) is 10.7. The van der Waals surface area contributed by atoms with E-state index in [1.165, 1.54) is 18.9 Å². The molecule has 0 saturated carbocycles. The lowest BCUT2D eigenvalue weighted by Crippen LogP contribution is -2.53. The first kappa shape index (κ1) is 20.9. The van der Waals surface area contributed by atoms with Crippen molar-refractivity contribution in [2.45, 2.75) is 44.7 Å². The zero-order valence-electron chi connectivity index (χ0n) is 15.1. The highest BCUT2D eigenvalue weighted by molar-refractivity contribution is 5.92. The molecule has 0 aromatic rings. The molecule has 0 aliphatic carbocycles. The Labute approximate surface area is 147 Å². The molecule has 2 atom stereocenters. The highest BCUT2D eigenvalue weighted by Crippen LogP contribution is 2.17. The fourth-order valence-electron chi connectivity index (χ4n) is 2.75. The van der Waals surface area contributed by atoms with E-state index in [2.05, 4.69) is 20.7 Å². The number of nitrogens with one attached hydrogen (secondary N) is 3. The van der Waals surface area contributed by atoms with E-state index in [1.54, 1.807) is 7.05 Å². The fraction of sp³-hybridized carbons (Fsp3) is 0.750. The van der Waals surface area contributed by atoms with E-state index in [4.69, 9.17) is 0 Å². The van der Waals surface area contributed by atoms with E-state index < -0.39 is 18.1 Å². The minimum Gasteiger partial charge on any atom is -0.469 e. The number of ether oxygens (including phenoxy) is 1. The van der Waals surface area contributed by atoms with Crippen molar-refractivity contribution in [1.82, 2.24) is 20.9 Å². The average Bonchev–Trinajstić information content (AvgIpc) is 3.08. The number of carbonyl (C=O) groups excluding carboxylic acids is 4. The Bertz CT molecular complexity index is 497. The summed E-state index contributed by atoms with van der Waals surface area (Å²) in [5.41, 5.74) is 0. The van der Waals surface area contributed by atoms with E-state index >= 15 is 0 Å². The van der Waals surface area contributed by atoms with Crippen molar-refractivity contribution in [2.75, 3.05) is 33.8 Å². The van der Waals surface area contributed by atoms with Gasteiger partial charge in [-0.1, -0.05) is 0 Å². The van der Waals surface area contributed by atoms with Crippen LogP contribution < -0.4 is 16.0 Å². The van der Waals surface area contributed by atoms with Crippen LogP contribution in [0, 0.1) is 0 Å². The van der Waals surface area contributed by atoms with Gasteiger partial charge in [0.05, 0.1) is 7.11 Å². The molecule has 1 heterocycles. The minimum absolute atomic E-state index is 0.0159. The molecule has 2 unspecified atom stereocenters. The molecule has 3 N–H and O–H groups in total. The number of rotatable bonds is 9.